The topological polar surface area (TPSA) is 107 Å². The third-order valence-corrected chi connectivity index (χ3v) is 3.01. The van der Waals surface area contributed by atoms with Crippen LogP contribution in [0.5, 0.6) is 0 Å². The van der Waals surface area contributed by atoms with Crippen LogP contribution in [-0.2, 0) is 10.7 Å². The van der Waals surface area contributed by atoms with E-state index in [1.54, 1.807) is 0 Å². The van der Waals surface area contributed by atoms with E-state index >= 15 is 0 Å². The molecule has 0 spiro atoms. The van der Waals surface area contributed by atoms with Crippen molar-refractivity contribution in [3.05, 3.63) is 47.4 Å². The van der Waals surface area contributed by atoms with Gasteiger partial charge in [-0.2, -0.15) is 8.78 Å². The first-order chi connectivity index (χ1) is 11.2. The number of hydrogen-bond acceptors (Lipinski definition) is 6. The Morgan fingerprint density at radius 2 is 2.04 bits per heavy atom. The van der Waals surface area contributed by atoms with Crippen LogP contribution < -0.4 is 11.1 Å². The molecule has 126 valence electrons. The van der Waals surface area contributed by atoms with Gasteiger partial charge in [-0.15, -0.1) is 0 Å². The number of nitrogens with zero attached hydrogens (tertiary/aromatic N) is 2. The molecule has 0 radical (unpaired) electrons. The zero-order valence-electron chi connectivity index (χ0n) is 12.8. The molecule has 2 aromatic rings. The van der Waals surface area contributed by atoms with Crippen LogP contribution in [-0.4, -0.2) is 29.0 Å². The number of pyridine rings is 2. The standard InChI is InChI=1S/C15H14F2N4O3/c1-15(16,17)11-5-3-4-9(20-11)13(22)21-10-7-19-12(18)6-8(10)14(23)24-2/h3-7H,1-2H3,(H2,18,19)(H,21,22). The molecule has 3 N–H and O–H groups in total. The maximum Gasteiger partial charge on any atom is 0.340 e. The molecule has 2 aromatic heterocycles. The molecular weight excluding hydrogens is 322 g/mol. The van der Waals surface area contributed by atoms with Crippen LogP contribution >= 0.6 is 0 Å². The number of methoxy groups -OCH3 is 1. The fourth-order valence-electron chi connectivity index (χ4n) is 1.84. The zero-order valence-corrected chi connectivity index (χ0v) is 12.8. The molecule has 2 heterocycles. The Morgan fingerprint density at radius 3 is 2.67 bits per heavy atom. The summed E-state index contributed by atoms with van der Waals surface area (Å²) in [5, 5.41) is 2.38. The van der Waals surface area contributed by atoms with Crippen molar-refractivity contribution in [3.63, 3.8) is 0 Å². The van der Waals surface area contributed by atoms with Gasteiger partial charge in [0.05, 0.1) is 24.6 Å². The molecule has 7 nitrogen and oxygen atoms in total. The number of rotatable bonds is 4. The van der Waals surface area contributed by atoms with E-state index in [1.807, 2.05) is 0 Å². The van der Waals surface area contributed by atoms with Gasteiger partial charge in [-0.3, -0.25) is 4.79 Å². The van der Waals surface area contributed by atoms with Gasteiger partial charge in [0.25, 0.3) is 11.8 Å². The lowest BCUT2D eigenvalue weighted by molar-refractivity contribution is 0.0126. The van der Waals surface area contributed by atoms with Gasteiger partial charge in [0.2, 0.25) is 0 Å². The van der Waals surface area contributed by atoms with Gasteiger partial charge in [-0.25, -0.2) is 14.8 Å². The molecule has 0 aliphatic rings. The minimum absolute atomic E-state index is 0.0182. The maximum atomic E-state index is 13.3. The number of hydrogen-bond donors (Lipinski definition) is 2. The van der Waals surface area contributed by atoms with Crippen LogP contribution in [0.1, 0.15) is 33.5 Å². The van der Waals surface area contributed by atoms with E-state index in [0.717, 1.165) is 12.3 Å². The highest BCUT2D eigenvalue weighted by Crippen LogP contribution is 2.25. The molecule has 2 rings (SSSR count). The number of carbonyl (C=O) groups excluding carboxylic acids is 2. The van der Waals surface area contributed by atoms with Crippen LogP contribution in [0.4, 0.5) is 20.3 Å². The Labute approximate surface area is 135 Å². The van der Waals surface area contributed by atoms with E-state index in [4.69, 9.17) is 5.73 Å². The van der Waals surface area contributed by atoms with Crippen molar-refractivity contribution in [2.75, 3.05) is 18.2 Å². The number of esters is 1. The Hall–Kier alpha value is -3.10. The first-order valence-corrected chi connectivity index (χ1v) is 6.73. The summed E-state index contributed by atoms with van der Waals surface area (Å²) in [6.45, 7) is 0.677. The SMILES string of the molecule is COC(=O)c1cc(N)ncc1NC(=O)c1cccc(C(C)(F)F)n1. The van der Waals surface area contributed by atoms with Crippen LogP contribution in [0.25, 0.3) is 0 Å². The second kappa shape index (κ2) is 6.57. The zero-order chi connectivity index (χ0) is 17.9. The van der Waals surface area contributed by atoms with E-state index < -0.39 is 23.5 Å². The predicted octanol–water partition coefficient (Wildman–Crippen LogP) is 2.21. The van der Waals surface area contributed by atoms with Crippen LogP contribution in [0.3, 0.4) is 0 Å². The number of halogens is 2. The summed E-state index contributed by atoms with van der Waals surface area (Å²) in [5.74, 6) is -4.64. The van der Waals surface area contributed by atoms with Gasteiger partial charge >= 0.3 is 5.97 Å². The van der Waals surface area contributed by atoms with Crippen molar-refractivity contribution in [1.29, 1.82) is 0 Å². The Morgan fingerprint density at radius 1 is 1.33 bits per heavy atom. The predicted molar refractivity (Wildman–Crippen MR) is 81.7 cm³/mol. The highest BCUT2D eigenvalue weighted by molar-refractivity contribution is 6.07. The molecule has 9 heteroatoms. The third-order valence-electron chi connectivity index (χ3n) is 3.01. The molecule has 1 amide bonds. The van der Waals surface area contributed by atoms with Crippen molar-refractivity contribution >= 4 is 23.4 Å². The smallest absolute Gasteiger partial charge is 0.340 e. The summed E-state index contributed by atoms with van der Waals surface area (Å²) in [4.78, 5) is 31.3. The van der Waals surface area contributed by atoms with Crippen LogP contribution in [0.2, 0.25) is 0 Å². The van der Waals surface area contributed by atoms with Gasteiger partial charge in [-0.1, -0.05) is 6.07 Å². The second-order valence-corrected chi connectivity index (χ2v) is 4.90. The van der Waals surface area contributed by atoms with Gasteiger partial charge in [0.15, 0.2) is 0 Å². The Bertz CT molecular complexity index is 791. The first kappa shape index (κ1) is 17.3. The average molecular weight is 336 g/mol. The molecule has 0 aliphatic heterocycles. The third kappa shape index (κ3) is 3.80. The maximum absolute atomic E-state index is 13.3. The van der Waals surface area contributed by atoms with Crippen molar-refractivity contribution < 1.29 is 23.1 Å². The number of aromatic nitrogens is 2. The largest absolute Gasteiger partial charge is 0.465 e. The number of ether oxygens (including phenoxy) is 1. The Kier molecular flexibility index (Phi) is 4.72. The molecule has 0 saturated carbocycles. The average Bonchev–Trinajstić information content (AvgIpc) is 2.55. The number of amides is 1. The molecule has 0 unspecified atom stereocenters. The molecule has 0 atom stereocenters. The summed E-state index contributed by atoms with van der Waals surface area (Å²) in [6.07, 6.45) is 1.16. The molecule has 0 fully saturated rings. The van der Waals surface area contributed by atoms with E-state index in [-0.39, 0.29) is 22.8 Å². The van der Waals surface area contributed by atoms with Gasteiger partial charge in [0.1, 0.15) is 17.2 Å². The summed E-state index contributed by atoms with van der Waals surface area (Å²) in [6, 6.07) is 4.90. The molecule has 0 saturated heterocycles. The minimum atomic E-state index is -3.18. The number of nitrogens with two attached hydrogens (primary N) is 1. The van der Waals surface area contributed by atoms with E-state index in [1.165, 1.54) is 25.3 Å². The quantitative estimate of drug-likeness (QED) is 0.829. The number of carbonyl (C=O) groups is 2. The van der Waals surface area contributed by atoms with Gasteiger partial charge < -0.3 is 15.8 Å². The van der Waals surface area contributed by atoms with Crippen molar-refractivity contribution in [1.82, 2.24) is 9.97 Å². The molecular formula is C15H14F2N4O3. The van der Waals surface area contributed by atoms with Crippen molar-refractivity contribution in [3.8, 4) is 0 Å². The van der Waals surface area contributed by atoms with Crippen LogP contribution in [0, 0.1) is 0 Å². The normalized spacial score (nSPS) is 11.0. The first-order valence-electron chi connectivity index (χ1n) is 6.73. The van der Waals surface area contributed by atoms with Crippen molar-refractivity contribution in [2.45, 2.75) is 12.8 Å². The minimum Gasteiger partial charge on any atom is -0.465 e. The van der Waals surface area contributed by atoms with E-state index in [9.17, 15) is 18.4 Å². The molecule has 24 heavy (non-hydrogen) atoms. The molecule has 0 aliphatic carbocycles. The lowest BCUT2D eigenvalue weighted by Crippen LogP contribution is -2.19. The molecule has 0 bridgehead atoms. The van der Waals surface area contributed by atoms with Crippen LogP contribution in [0.15, 0.2) is 30.5 Å². The van der Waals surface area contributed by atoms with Gasteiger partial charge in [-0.05, 0) is 18.2 Å². The van der Waals surface area contributed by atoms with E-state index in [2.05, 4.69) is 20.0 Å². The Balaban J connectivity index is 2.32. The number of anilines is 2. The number of nitrogen functional groups attached to an aromatic ring is 1. The summed E-state index contributed by atoms with van der Waals surface area (Å²) in [5.41, 5.74) is 4.73. The fourth-order valence-corrected chi connectivity index (χ4v) is 1.84. The monoisotopic (exact) mass is 336 g/mol. The lowest BCUT2D eigenvalue weighted by atomic mass is 10.2. The highest BCUT2D eigenvalue weighted by Gasteiger charge is 2.27. The lowest BCUT2D eigenvalue weighted by Gasteiger charge is -2.12. The fraction of sp³-hybridized carbons (Fsp3) is 0.200. The van der Waals surface area contributed by atoms with Crippen molar-refractivity contribution in [2.24, 2.45) is 0 Å². The number of nitrogens with one attached hydrogen (secondary N) is 1. The highest BCUT2D eigenvalue weighted by atomic mass is 19.3. The second-order valence-electron chi connectivity index (χ2n) is 4.90. The van der Waals surface area contributed by atoms with E-state index in [0.29, 0.717) is 6.92 Å². The summed E-state index contributed by atoms with van der Waals surface area (Å²) in [7, 11) is 1.17. The summed E-state index contributed by atoms with van der Waals surface area (Å²) < 4.78 is 31.2. The summed E-state index contributed by atoms with van der Waals surface area (Å²) >= 11 is 0. The van der Waals surface area contributed by atoms with Gasteiger partial charge in [0, 0.05) is 6.92 Å². The molecule has 0 aromatic carbocycles. The number of alkyl halides is 2.